The van der Waals surface area contributed by atoms with Gasteiger partial charge in [-0.05, 0) is 70.1 Å². The Hall–Kier alpha value is -7.56. The summed E-state index contributed by atoms with van der Waals surface area (Å²) in [5, 5.41) is 2.17. The molecule has 274 valence electrons. The molecule has 0 aliphatic carbocycles. The lowest BCUT2D eigenvalue weighted by Crippen LogP contribution is -1.96. The van der Waals surface area contributed by atoms with E-state index in [4.69, 9.17) is 19.9 Å². The summed E-state index contributed by atoms with van der Waals surface area (Å²) in [5.41, 5.74) is 16.5. The van der Waals surface area contributed by atoms with Crippen LogP contribution in [-0.4, -0.2) is 19.9 Å². The lowest BCUT2D eigenvalue weighted by molar-refractivity contribution is 1.06. The van der Waals surface area contributed by atoms with Crippen LogP contribution in [-0.2, 0) is 6.42 Å². The summed E-state index contributed by atoms with van der Waals surface area (Å²) in [6.07, 6.45) is 0.865. The summed E-state index contributed by atoms with van der Waals surface area (Å²) >= 11 is 0. The van der Waals surface area contributed by atoms with Crippen LogP contribution in [0.4, 0.5) is 0 Å². The van der Waals surface area contributed by atoms with E-state index in [1.54, 1.807) is 0 Å². The van der Waals surface area contributed by atoms with Crippen molar-refractivity contribution in [2.75, 3.05) is 0 Å². The van der Waals surface area contributed by atoms with Crippen molar-refractivity contribution in [3.05, 3.63) is 206 Å². The van der Waals surface area contributed by atoms with Crippen molar-refractivity contribution in [2.45, 2.75) is 13.3 Å². The Bertz CT molecular complexity index is 3070. The Morgan fingerprint density at radius 3 is 1.45 bits per heavy atom. The predicted molar refractivity (Wildman–Crippen MR) is 240 cm³/mol. The summed E-state index contributed by atoms with van der Waals surface area (Å²) < 4.78 is 0. The van der Waals surface area contributed by atoms with Crippen LogP contribution in [0, 0.1) is 0 Å². The third-order valence-electron chi connectivity index (χ3n) is 10.8. The average molecular weight is 743 g/mol. The van der Waals surface area contributed by atoms with E-state index in [0.29, 0.717) is 5.82 Å². The number of benzene rings is 7. The maximum absolute atomic E-state index is 5.26. The zero-order valence-corrected chi connectivity index (χ0v) is 32.0. The van der Waals surface area contributed by atoms with Gasteiger partial charge in [0.15, 0.2) is 5.82 Å². The van der Waals surface area contributed by atoms with Crippen LogP contribution in [0.2, 0.25) is 0 Å². The van der Waals surface area contributed by atoms with Gasteiger partial charge in [0.2, 0.25) is 0 Å². The molecule has 4 heteroatoms. The van der Waals surface area contributed by atoms with Gasteiger partial charge in [0, 0.05) is 38.7 Å². The number of aromatic nitrogens is 4. The molecule has 0 spiro atoms. The number of fused-ring (bicyclic) bond motifs is 3. The highest BCUT2D eigenvalue weighted by Crippen LogP contribution is 2.38. The summed E-state index contributed by atoms with van der Waals surface area (Å²) in [5.74, 6) is 0.681. The van der Waals surface area contributed by atoms with Crippen molar-refractivity contribution in [3.8, 4) is 78.5 Å². The van der Waals surface area contributed by atoms with Crippen LogP contribution in [0.3, 0.4) is 0 Å². The van der Waals surface area contributed by atoms with Crippen molar-refractivity contribution < 1.29 is 0 Å². The van der Waals surface area contributed by atoms with Gasteiger partial charge in [0.05, 0.1) is 28.1 Å². The summed E-state index contributed by atoms with van der Waals surface area (Å²) in [7, 11) is 0. The second-order valence-electron chi connectivity index (χ2n) is 14.5. The Kier molecular flexibility index (Phi) is 9.13. The molecule has 0 saturated carbocycles. The molecule has 3 aromatic heterocycles. The van der Waals surface area contributed by atoms with E-state index >= 15 is 0 Å². The minimum Gasteiger partial charge on any atom is -0.251 e. The van der Waals surface area contributed by atoms with Gasteiger partial charge < -0.3 is 0 Å². The average Bonchev–Trinajstić information content (AvgIpc) is 3.31. The van der Waals surface area contributed by atoms with Gasteiger partial charge >= 0.3 is 0 Å². The number of aryl methyl sites for hydroxylation is 1. The molecule has 4 nitrogen and oxygen atoms in total. The molecule has 0 aliphatic rings. The molecule has 0 fully saturated rings. The highest BCUT2D eigenvalue weighted by atomic mass is 14.9. The van der Waals surface area contributed by atoms with E-state index in [2.05, 4.69) is 189 Å². The molecular formula is C54H38N4. The highest BCUT2D eigenvalue weighted by molar-refractivity contribution is 6.09. The minimum absolute atomic E-state index is 0.681. The van der Waals surface area contributed by atoms with Gasteiger partial charge in [-0.2, -0.15) is 0 Å². The van der Waals surface area contributed by atoms with Crippen molar-refractivity contribution >= 4 is 21.8 Å². The van der Waals surface area contributed by atoms with Gasteiger partial charge in [0.1, 0.15) is 0 Å². The fraction of sp³-hybridized carbons (Fsp3) is 0.0370. The van der Waals surface area contributed by atoms with Crippen LogP contribution in [0.5, 0.6) is 0 Å². The maximum atomic E-state index is 5.26. The molecule has 10 rings (SSSR count). The molecule has 58 heavy (non-hydrogen) atoms. The first-order valence-electron chi connectivity index (χ1n) is 19.8. The highest BCUT2D eigenvalue weighted by Gasteiger charge is 2.16. The zero-order chi connectivity index (χ0) is 38.8. The number of hydrogen-bond acceptors (Lipinski definition) is 4. The third-order valence-corrected chi connectivity index (χ3v) is 10.8. The molecule has 3 heterocycles. The quantitative estimate of drug-likeness (QED) is 0.145. The topological polar surface area (TPSA) is 51.6 Å². The van der Waals surface area contributed by atoms with E-state index in [1.165, 1.54) is 11.1 Å². The van der Waals surface area contributed by atoms with Gasteiger partial charge in [-0.1, -0.05) is 177 Å². The smallest absolute Gasteiger partial charge is 0.160 e. The first-order chi connectivity index (χ1) is 28.7. The fourth-order valence-corrected chi connectivity index (χ4v) is 7.75. The molecule has 7 aromatic carbocycles. The van der Waals surface area contributed by atoms with E-state index in [1.807, 2.05) is 18.2 Å². The zero-order valence-electron chi connectivity index (χ0n) is 32.0. The first-order valence-corrected chi connectivity index (χ1v) is 19.8. The molecule has 0 amide bonds. The molecular weight excluding hydrogens is 705 g/mol. The largest absolute Gasteiger partial charge is 0.251 e. The summed E-state index contributed by atoms with van der Waals surface area (Å²) in [4.78, 5) is 20.7. The number of hydrogen-bond donors (Lipinski definition) is 0. The standard InChI is InChI=1S/C54H38N4/c1-2-46-30-28-41-29-31-47-48(34-49(38-16-8-4-9-17-38)56-53(47)52(41)55-46)44-22-12-20-42(32-44)43-21-13-23-45(33-43)54-57-50(39-18-10-5-11-19-39)35-51(58-54)40-26-24-37(25-27-40)36-14-6-3-7-15-36/h3-35H,2H2,1H3. The van der Waals surface area contributed by atoms with Crippen LogP contribution < -0.4 is 0 Å². The lowest BCUT2D eigenvalue weighted by atomic mass is 9.94. The van der Waals surface area contributed by atoms with Crippen LogP contribution in [0.25, 0.3) is 100 Å². The predicted octanol–water partition coefficient (Wildman–Crippen LogP) is 13.8. The first kappa shape index (κ1) is 34.9. The second kappa shape index (κ2) is 15.2. The molecule has 10 aromatic rings. The van der Waals surface area contributed by atoms with Crippen molar-refractivity contribution in [1.29, 1.82) is 0 Å². The molecule has 0 unspecified atom stereocenters. The SMILES string of the molecule is CCc1ccc2ccc3c(-c4cccc(-c5cccc(-c6nc(-c7ccccc7)cc(-c7ccc(-c8ccccc8)cc7)n6)c5)c4)cc(-c4ccccc4)nc3c2n1. The Morgan fingerprint density at radius 1 is 0.328 bits per heavy atom. The maximum Gasteiger partial charge on any atom is 0.160 e. The molecule has 0 saturated heterocycles. The Labute approximate surface area is 338 Å². The molecule has 0 aliphatic heterocycles. The summed E-state index contributed by atoms with van der Waals surface area (Å²) in [6, 6.07) is 70.1. The molecule has 0 atom stereocenters. The van der Waals surface area contributed by atoms with Crippen LogP contribution >= 0.6 is 0 Å². The Balaban J connectivity index is 1.07. The second-order valence-corrected chi connectivity index (χ2v) is 14.5. The monoisotopic (exact) mass is 742 g/mol. The van der Waals surface area contributed by atoms with E-state index in [-0.39, 0.29) is 0 Å². The van der Waals surface area contributed by atoms with E-state index < -0.39 is 0 Å². The van der Waals surface area contributed by atoms with E-state index in [9.17, 15) is 0 Å². The molecule has 0 radical (unpaired) electrons. The van der Waals surface area contributed by atoms with Crippen LogP contribution in [0.1, 0.15) is 12.6 Å². The Morgan fingerprint density at radius 2 is 0.810 bits per heavy atom. The van der Waals surface area contributed by atoms with Crippen LogP contribution in [0.15, 0.2) is 200 Å². The number of rotatable bonds is 8. The van der Waals surface area contributed by atoms with Gasteiger partial charge in [-0.3, -0.25) is 4.98 Å². The van der Waals surface area contributed by atoms with Crippen molar-refractivity contribution in [1.82, 2.24) is 19.9 Å². The molecule has 0 bridgehead atoms. The number of pyridine rings is 2. The van der Waals surface area contributed by atoms with Crippen molar-refractivity contribution in [3.63, 3.8) is 0 Å². The van der Waals surface area contributed by atoms with Gasteiger partial charge in [-0.25, -0.2) is 15.0 Å². The normalized spacial score (nSPS) is 11.3. The fourth-order valence-electron chi connectivity index (χ4n) is 7.75. The summed E-state index contributed by atoms with van der Waals surface area (Å²) in [6.45, 7) is 2.14. The minimum atomic E-state index is 0.681. The lowest BCUT2D eigenvalue weighted by Gasteiger charge is -2.14. The van der Waals surface area contributed by atoms with E-state index in [0.717, 1.165) is 95.5 Å². The molecule has 0 N–H and O–H groups in total. The van der Waals surface area contributed by atoms with Gasteiger partial charge in [0.25, 0.3) is 0 Å². The third kappa shape index (κ3) is 6.82. The number of nitrogens with zero attached hydrogens (tertiary/aromatic N) is 4. The van der Waals surface area contributed by atoms with Gasteiger partial charge in [-0.15, -0.1) is 0 Å². The van der Waals surface area contributed by atoms with Crippen molar-refractivity contribution in [2.24, 2.45) is 0 Å².